The Hall–Kier alpha value is -1.09. The Bertz CT molecular complexity index is 1040. The van der Waals surface area contributed by atoms with Crippen LogP contribution in [0.1, 0.15) is 35.3 Å². The fourth-order valence-corrected chi connectivity index (χ4v) is 5.38. The Balaban J connectivity index is 1.75. The average Bonchev–Trinajstić information content (AvgIpc) is 2.74. The first-order chi connectivity index (χ1) is 13.7. The summed E-state index contributed by atoms with van der Waals surface area (Å²) in [4.78, 5) is 16.5. The molecular formula is C18H17Cl4N3O3S. The minimum atomic E-state index is -3.56. The molecule has 1 amide bonds. The molecule has 0 spiro atoms. The summed E-state index contributed by atoms with van der Waals surface area (Å²) in [6.07, 6.45) is 2.75. The van der Waals surface area contributed by atoms with Gasteiger partial charge in [-0.25, -0.2) is 13.4 Å². The van der Waals surface area contributed by atoms with E-state index in [0.717, 1.165) is 19.3 Å². The largest absolute Gasteiger partial charge is 0.347 e. The molecule has 11 heteroatoms. The number of sulfonamides is 1. The minimum absolute atomic E-state index is 0.0366. The first-order valence-corrected chi connectivity index (χ1v) is 11.7. The van der Waals surface area contributed by atoms with Crippen molar-refractivity contribution in [2.45, 2.75) is 30.7 Å². The van der Waals surface area contributed by atoms with E-state index < -0.39 is 15.9 Å². The average molecular weight is 497 g/mol. The molecule has 0 aliphatic carbocycles. The normalized spacial score (nSPS) is 15.3. The first-order valence-electron chi connectivity index (χ1n) is 8.79. The number of halogens is 4. The van der Waals surface area contributed by atoms with Gasteiger partial charge >= 0.3 is 0 Å². The summed E-state index contributed by atoms with van der Waals surface area (Å²) >= 11 is 23.7. The Kier molecular flexibility index (Phi) is 7.30. The number of hydrogen-bond acceptors (Lipinski definition) is 4. The van der Waals surface area contributed by atoms with Crippen molar-refractivity contribution >= 4 is 62.3 Å². The molecule has 1 saturated heterocycles. The van der Waals surface area contributed by atoms with Crippen molar-refractivity contribution in [2.75, 3.05) is 13.1 Å². The zero-order valence-electron chi connectivity index (χ0n) is 15.1. The molecule has 2 heterocycles. The lowest BCUT2D eigenvalue weighted by atomic mass is 10.2. The number of amides is 1. The van der Waals surface area contributed by atoms with E-state index in [1.807, 2.05) is 0 Å². The predicted octanol–water partition coefficient (Wildman–Crippen LogP) is 4.80. The van der Waals surface area contributed by atoms with E-state index in [0.29, 0.717) is 18.7 Å². The zero-order chi connectivity index (χ0) is 21.2. The van der Waals surface area contributed by atoms with Crippen molar-refractivity contribution in [1.82, 2.24) is 14.6 Å². The maximum Gasteiger partial charge on any atom is 0.271 e. The van der Waals surface area contributed by atoms with Crippen molar-refractivity contribution in [2.24, 2.45) is 0 Å². The molecule has 2 aromatic rings. The van der Waals surface area contributed by atoms with Crippen molar-refractivity contribution in [3.8, 4) is 0 Å². The van der Waals surface area contributed by atoms with Crippen LogP contribution in [0, 0.1) is 0 Å². The third-order valence-electron chi connectivity index (χ3n) is 4.50. The standard InChI is InChI=1S/C18H17Cl4N3O3S/c19-13-14(20)16(24-17(22)15(13)21)18(26)23-10-11-5-4-6-12(9-11)29(27,28)25-7-2-1-3-8-25/h4-6,9H,1-3,7-8,10H2,(H,23,26). The number of nitrogens with one attached hydrogen (secondary N) is 1. The van der Waals surface area contributed by atoms with Crippen LogP contribution in [0.2, 0.25) is 20.2 Å². The molecule has 1 fully saturated rings. The third kappa shape index (κ3) is 4.98. The van der Waals surface area contributed by atoms with E-state index in [1.54, 1.807) is 24.3 Å². The Labute approximate surface area is 189 Å². The number of rotatable bonds is 5. The second-order valence-corrected chi connectivity index (χ2v) is 9.92. The van der Waals surface area contributed by atoms with Gasteiger partial charge in [-0.05, 0) is 30.5 Å². The number of hydrogen-bond donors (Lipinski definition) is 1. The molecule has 156 valence electrons. The first kappa shape index (κ1) is 22.6. The molecule has 29 heavy (non-hydrogen) atoms. The van der Waals surface area contributed by atoms with Crippen LogP contribution in [0.3, 0.4) is 0 Å². The molecule has 0 radical (unpaired) electrons. The Morgan fingerprint density at radius 3 is 2.41 bits per heavy atom. The highest BCUT2D eigenvalue weighted by atomic mass is 35.5. The van der Waals surface area contributed by atoms with E-state index in [1.165, 1.54) is 4.31 Å². The van der Waals surface area contributed by atoms with Crippen LogP contribution >= 0.6 is 46.4 Å². The van der Waals surface area contributed by atoms with Gasteiger partial charge in [-0.15, -0.1) is 0 Å². The van der Waals surface area contributed by atoms with Gasteiger partial charge in [-0.1, -0.05) is 65.0 Å². The van der Waals surface area contributed by atoms with Crippen LogP contribution in [-0.2, 0) is 16.6 Å². The molecule has 1 aromatic heterocycles. The highest BCUT2D eigenvalue weighted by Crippen LogP contribution is 2.36. The summed E-state index contributed by atoms with van der Waals surface area (Å²) in [6, 6.07) is 6.44. The lowest BCUT2D eigenvalue weighted by molar-refractivity contribution is 0.0946. The number of aromatic nitrogens is 1. The molecule has 1 aliphatic heterocycles. The van der Waals surface area contributed by atoms with Gasteiger partial charge in [0.1, 0.15) is 10.8 Å². The lowest BCUT2D eigenvalue weighted by Crippen LogP contribution is -2.35. The molecule has 0 saturated carbocycles. The molecule has 0 bridgehead atoms. The van der Waals surface area contributed by atoms with Gasteiger partial charge in [0.15, 0.2) is 0 Å². The van der Waals surface area contributed by atoms with E-state index in [4.69, 9.17) is 46.4 Å². The van der Waals surface area contributed by atoms with Crippen molar-refractivity contribution in [3.63, 3.8) is 0 Å². The number of carbonyl (C=O) groups excluding carboxylic acids is 1. The SMILES string of the molecule is O=C(NCc1cccc(S(=O)(=O)N2CCCCC2)c1)c1nc(Cl)c(Cl)c(Cl)c1Cl. The van der Waals surface area contributed by atoms with Crippen molar-refractivity contribution in [3.05, 3.63) is 55.7 Å². The summed E-state index contributed by atoms with van der Waals surface area (Å²) in [5, 5.41) is 2.29. The minimum Gasteiger partial charge on any atom is -0.347 e. The zero-order valence-corrected chi connectivity index (χ0v) is 18.9. The van der Waals surface area contributed by atoms with Crippen LogP contribution in [0.4, 0.5) is 0 Å². The second-order valence-electron chi connectivity index (χ2n) is 6.49. The molecule has 1 N–H and O–H groups in total. The summed E-state index contributed by atoms with van der Waals surface area (Å²) < 4.78 is 27.1. The topological polar surface area (TPSA) is 79.4 Å². The van der Waals surface area contributed by atoms with Gasteiger partial charge in [0.25, 0.3) is 5.91 Å². The number of benzene rings is 1. The Morgan fingerprint density at radius 1 is 1.03 bits per heavy atom. The quantitative estimate of drug-likeness (QED) is 0.603. The van der Waals surface area contributed by atoms with Gasteiger partial charge in [0.05, 0.1) is 20.0 Å². The highest BCUT2D eigenvalue weighted by molar-refractivity contribution is 7.89. The van der Waals surface area contributed by atoms with E-state index in [-0.39, 0.29) is 37.4 Å². The maximum absolute atomic E-state index is 12.8. The third-order valence-corrected chi connectivity index (χ3v) is 8.08. The van der Waals surface area contributed by atoms with Crippen LogP contribution < -0.4 is 5.32 Å². The van der Waals surface area contributed by atoms with Gasteiger partial charge in [-0.2, -0.15) is 4.31 Å². The van der Waals surface area contributed by atoms with Crippen molar-refractivity contribution in [1.29, 1.82) is 0 Å². The summed E-state index contributed by atoms with van der Waals surface area (Å²) in [6.45, 7) is 1.11. The van der Waals surface area contributed by atoms with Gasteiger partial charge in [0, 0.05) is 19.6 Å². The van der Waals surface area contributed by atoms with Crippen LogP contribution in [0.15, 0.2) is 29.2 Å². The summed E-state index contributed by atoms with van der Waals surface area (Å²) in [5.74, 6) is -0.611. The lowest BCUT2D eigenvalue weighted by Gasteiger charge is -2.26. The van der Waals surface area contributed by atoms with Gasteiger partial charge in [0.2, 0.25) is 10.0 Å². The maximum atomic E-state index is 12.8. The van der Waals surface area contributed by atoms with Gasteiger partial charge < -0.3 is 5.32 Å². The molecule has 3 rings (SSSR count). The fraction of sp³-hybridized carbons (Fsp3) is 0.333. The van der Waals surface area contributed by atoms with Crippen LogP contribution in [-0.4, -0.2) is 36.7 Å². The molecule has 6 nitrogen and oxygen atoms in total. The van der Waals surface area contributed by atoms with Crippen LogP contribution in [0.25, 0.3) is 0 Å². The monoisotopic (exact) mass is 495 g/mol. The second kappa shape index (κ2) is 9.37. The molecule has 0 atom stereocenters. The van der Waals surface area contributed by atoms with Gasteiger partial charge in [-0.3, -0.25) is 4.79 Å². The number of pyridine rings is 1. The van der Waals surface area contributed by atoms with E-state index in [9.17, 15) is 13.2 Å². The number of carbonyl (C=O) groups is 1. The molecular weight excluding hydrogens is 480 g/mol. The number of piperidine rings is 1. The van der Waals surface area contributed by atoms with Crippen LogP contribution in [0.5, 0.6) is 0 Å². The van der Waals surface area contributed by atoms with E-state index >= 15 is 0 Å². The highest BCUT2D eigenvalue weighted by Gasteiger charge is 2.26. The Morgan fingerprint density at radius 2 is 1.72 bits per heavy atom. The summed E-state index contributed by atoms with van der Waals surface area (Å²) in [5.41, 5.74) is 0.446. The predicted molar refractivity (Wildman–Crippen MR) is 114 cm³/mol. The van der Waals surface area contributed by atoms with E-state index in [2.05, 4.69) is 10.3 Å². The molecule has 1 aromatic carbocycles. The number of nitrogens with zero attached hydrogens (tertiary/aromatic N) is 2. The molecule has 0 unspecified atom stereocenters. The fourth-order valence-electron chi connectivity index (χ4n) is 2.97. The summed E-state index contributed by atoms with van der Waals surface area (Å²) in [7, 11) is -3.56. The molecule has 1 aliphatic rings. The smallest absolute Gasteiger partial charge is 0.271 e. The van der Waals surface area contributed by atoms with Crippen molar-refractivity contribution < 1.29 is 13.2 Å².